The van der Waals surface area contributed by atoms with Crippen molar-refractivity contribution in [2.45, 2.75) is 19.8 Å². The molecule has 0 atom stereocenters. The van der Waals surface area contributed by atoms with Gasteiger partial charge in [-0.25, -0.2) is 0 Å². The molecule has 1 saturated heterocycles. The Bertz CT molecular complexity index is 451. The van der Waals surface area contributed by atoms with E-state index in [1.165, 1.54) is 0 Å². The van der Waals surface area contributed by atoms with E-state index < -0.39 is 0 Å². The molecule has 2 heterocycles. The van der Waals surface area contributed by atoms with Gasteiger partial charge in [-0.15, -0.1) is 0 Å². The summed E-state index contributed by atoms with van der Waals surface area (Å²) >= 11 is 5.13. The number of nitrogens with one attached hydrogen (secondary N) is 1. The molecule has 0 unspecified atom stereocenters. The number of unbranched alkanes of at least 4 members (excludes halogenated alkanes) is 1. The van der Waals surface area contributed by atoms with Crippen LogP contribution in [-0.2, 0) is 4.79 Å². The SMILES string of the molecule is CCCCN1C(=O)/C(=C/c2ccco2)NC1=S. The van der Waals surface area contributed by atoms with Crippen LogP contribution in [0.1, 0.15) is 25.5 Å². The zero-order chi connectivity index (χ0) is 12.3. The summed E-state index contributed by atoms with van der Waals surface area (Å²) in [5.74, 6) is 0.556. The summed E-state index contributed by atoms with van der Waals surface area (Å²) in [6.07, 6.45) is 5.21. The van der Waals surface area contributed by atoms with Crippen LogP contribution in [0.15, 0.2) is 28.5 Å². The predicted molar refractivity (Wildman–Crippen MR) is 69.0 cm³/mol. The van der Waals surface area contributed by atoms with Crippen molar-refractivity contribution in [3.63, 3.8) is 0 Å². The van der Waals surface area contributed by atoms with Crippen LogP contribution in [0, 0.1) is 0 Å². The van der Waals surface area contributed by atoms with Crippen molar-refractivity contribution in [1.82, 2.24) is 10.2 Å². The van der Waals surface area contributed by atoms with Crippen LogP contribution in [0.25, 0.3) is 6.08 Å². The van der Waals surface area contributed by atoms with Crippen LogP contribution in [0.5, 0.6) is 0 Å². The minimum atomic E-state index is -0.0835. The maximum Gasteiger partial charge on any atom is 0.276 e. The molecule has 0 spiro atoms. The molecule has 1 aliphatic rings. The first-order valence-corrected chi connectivity index (χ1v) is 6.01. The predicted octanol–water partition coefficient (Wildman–Crippen LogP) is 2.14. The highest BCUT2D eigenvalue weighted by Crippen LogP contribution is 2.15. The molecule has 90 valence electrons. The van der Waals surface area contributed by atoms with Crippen LogP contribution >= 0.6 is 12.2 Å². The van der Waals surface area contributed by atoms with E-state index in [0.29, 0.717) is 23.1 Å². The van der Waals surface area contributed by atoms with Gasteiger partial charge < -0.3 is 9.73 Å². The molecule has 0 saturated carbocycles. The molecule has 0 radical (unpaired) electrons. The number of hydrogen-bond acceptors (Lipinski definition) is 3. The van der Waals surface area contributed by atoms with E-state index in [1.54, 1.807) is 29.4 Å². The van der Waals surface area contributed by atoms with Crippen molar-refractivity contribution in [2.75, 3.05) is 6.54 Å². The van der Waals surface area contributed by atoms with Crippen molar-refractivity contribution in [2.24, 2.45) is 0 Å². The fourth-order valence-electron chi connectivity index (χ4n) is 1.61. The first-order chi connectivity index (χ1) is 8.22. The second kappa shape index (κ2) is 5.14. The second-order valence-electron chi connectivity index (χ2n) is 3.81. The zero-order valence-electron chi connectivity index (χ0n) is 9.60. The van der Waals surface area contributed by atoms with Gasteiger partial charge in [0.05, 0.1) is 6.26 Å². The second-order valence-corrected chi connectivity index (χ2v) is 4.20. The van der Waals surface area contributed by atoms with Crippen molar-refractivity contribution in [1.29, 1.82) is 0 Å². The first-order valence-electron chi connectivity index (χ1n) is 5.60. The number of thiocarbonyl (C=S) groups is 1. The van der Waals surface area contributed by atoms with Gasteiger partial charge in [-0.05, 0) is 30.8 Å². The average Bonchev–Trinajstić information content (AvgIpc) is 2.89. The van der Waals surface area contributed by atoms with E-state index in [0.717, 1.165) is 12.8 Å². The van der Waals surface area contributed by atoms with Crippen molar-refractivity contribution < 1.29 is 9.21 Å². The lowest BCUT2D eigenvalue weighted by Gasteiger charge is -2.12. The Morgan fingerprint density at radius 3 is 3.06 bits per heavy atom. The van der Waals surface area contributed by atoms with E-state index in [4.69, 9.17) is 16.6 Å². The van der Waals surface area contributed by atoms with E-state index in [-0.39, 0.29) is 5.91 Å². The lowest BCUT2D eigenvalue weighted by Crippen LogP contribution is -2.31. The molecule has 5 heteroatoms. The van der Waals surface area contributed by atoms with Gasteiger partial charge in [0.1, 0.15) is 11.5 Å². The van der Waals surface area contributed by atoms with Gasteiger partial charge in [-0.1, -0.05) is 13.3 Å². The molecule has 4 nitrogen and oxygen atoms in total. The van der Waals surface area contributed by atoms with Crippen molar-refractivity contribution in [3.8, 4) is 0 Å². The molecule has 2 rings (SSSR count). The molecule has 1 aliphatic heterocycles. The summed E-state index contributed by atoms with van der Waals surface area (Å²) in [5.41, 5.74) is 0.473. The van der Waals surface area contributed by atoms with Gasteiger partial charge in [0, 0.05) is 12.6 Å². The Labute approximate surface area is 105 Å². The Balaban J connectivity index is 2.13. The Morgan fingerprint density at radius 2 is 2.41 bits per heavy atom. The van der Waals surface area contributed by atoms with Gasteiger partial charge in [0.2, 0.25) is 0 Å². The zero-order valence-corrected chi connectivity index (χ0v) is 10.4. The minimum absolute atomic E-state index is 0.0835. The summed E-state index contributed by atoms with van der Waals surface area (Å²) in [5, 5.41) is 3.38. The number of carbonyl (C=O) groups excluding carboxylic acids is 1. The fraction of sp³-hybridized carbons (Fsp3) is 0.333. The topological polar surface area (TPSA) is 45.5 Å². The molecule has 1 aromatic rings. The third kappa shape index (κ3) is 2.55. The molecule has 1 aromatic heterocycles. The van der Waals surface area contributed by atoms with Crippen LogP contribution in [0.3, 0.4) is 0 Å². The van der Waals surface area contributed by atoms with Gasteiger partial charge >= 0.3 is 0 Å². The summed E-state index contributed by atoms with van der Waals surface area (Å²) in [7, 11) is 0. The fourth-order valence-corrected chi connectivity index (χ4v) is 1.89. The molecular formula is C12H14N2O2S. The van der Waals surface area contributed by atoms with Gasteiger partial charge in [-0.3, -0.25) is 9.69 Å². The third-order valence-electron chi connectivity index (χ3n) is 2.53. The van der Waals surface area contributed by atoms with Gasteiger partial charge in [-0.2, -0.15) is 0 Å². The van der Waals surface area contributed by atoms with Crippen LogP contribution in [0.2, 0.25) is 0 Å². The van der Waals surface area contributed by atoms with E-state index in [9.17, 15) is 4.79 Å². The summed E-state index contributed by atoms with van der Waals surface area (Å²) < 4.78 is 5.16. The Morgan fingerprint density at radius 1 is 1.59 bits per heavy atom. The normalized spacial score (nSPS) is 17.9. The monoisotopic (exact) mass is 250 g/mol. The number of rotatable bonds is 4. The number of amides is 1. The molecule has 17 heavy (non-hydrogen) atoms. The number of furan rings is 1. The highest BCUT2D eigenvalue weighted by molar-refractivity contribution is 7.80. The largest absolute Gasteiger partial charge is 0.465 e. The standard InChI is InChI=1S/C12H14N2O2S/c1-2-3-6-14-11(15)10(13-12(14)17)8-9-5-4-7-16-9/h4-5,7-8H,2-3,6H2,1H3,(H,13,17)/b10-8-. The van der Waals surface area contributed by atoms with Crippen LogP contribution < -0.4 is 5.32 Å². The molecule has 1 amide bonds. The van der Waals surface area contributed by atoms with E-state index in [2.05, 4.69) is 12.2 Å². The average molecular weight is 250 g/mol. The minimum Gasteiger partial charge on any atom is -0.465 e. The number of carbonyl (C=O) groups is 1. The Hall–Kier alpha value is -1.62. The maximum absolute atomic E-state index is 12.0. The van der Waals surface area contributed by atoms with E-state index in [1.807, 2.05) is 0 Å². The molecule has 0 bridgehead atoms. The highest BCUT2D eigenvalue weighted by Gasteiger charge is 2.29. The van der Waals surface area contributed by atoms with Crippen molar-refractivity contribution in [3.05, 3.63) is 29.9 Å². The quantitative estimate of drug-likeness (QED) is 0.657. The summed E-state index contributed by atoms with van der Waals surface area (Å²) in [6.45, 7) is 2.74. The summed E-state index contributed by atoms with van der Waals surface area (Å²) in [6, 6.07) is 3.57. The molecule has 1 fully saturated rings. The Kier molecular flexibility index (Phi) is 3.58. The van der Waals surface area contributed by atoms with E-state index >= 15 is 0 Å². The smallest absolute Gasteiger partial charge is 0.276 e. The van der Waals surface area contributed by atoms with Crippen molar-refractivity contribution >= 4 is 29.3 Å². The number of hydrogen-bond donors (Lipinski definition) is 1. The first kappa shape index (κ1) is 11.9. The lowest BCUT2D eigenvalue weighted by atomic mass is 10.3. The maximum atomic E-state index is 12.0. The number of nitrogens with zero attached hydrogens (tertiary/aromatic N) is 1. The third-order valence-corrected chi connectivity index (χ3v) is 2.85. The summed E-state index contributed by atoms with van der Waals surface area (Å²) in [4.78, 5) is 13.6. The van der Waals surface area contributed by atoms with Gasteiger partial charge in [0.25, 0.3) is 5.91 Å². The molecule has 1 N–H and O–H groups in total. The van der Waals surface area contributed by atoms with Gasteiger partial charge in [0.15, 0.2) is 5.11 Å². The van der Waals surface area contributed by atoms with Crippen LogP contribution in [0.4, 0.5) is 0 Å². The lowest BCUT2D eigenvalue weighted by molar-refractivity contribution is -0.122. The highest BCUT2D eigenvalue weighted by atomic mass is 32.1. The molecular weight excluding hydrogens is 236 g/mol. The molecule has 0 aromatic carbocycles. The molecule has 0 aliphatic carbocycles. The van der Waals surface area contributed by atoms with Crippen LogP contribution in [-0.4, -0.2) is 22.5 Å².